The van der Waals surface area contributed by atoms with Crippen LogP contribution in [0, 0.1) is 0 Å². The molecule has 0 aliphatic heterocycles. The van der Waals surface area contributed by atoms with Crippen molar-refractivity contribution in [1.82, 2.24) is 12.3 Å². The molecule has 0 unspecified atom stereocenters. The van der Waals surface area contributed by atoms with E-state index in [0.29, 0.717) is 0 Å². The molecule has 0 heterocycles. The first kappa shape index (κ1) is 44.2. The third-order valence-corrected chi connectivity index (χ3v) is 0. The van der Waals surface area contributed by atoms with E-state index < -0.39 is 0 Å². The third-order valence-electron chi connectivity index (χ3n) is 0. The zero-order valence-electron chi connectivity index (χ0n) is 3.47. The van der Waals surface area contributed by atoms with Crippen molar-refractivity contribution in [1.29, 1.82) is 0 Å². The molecule has 7 heavy (non-hydrogen) atoms. The van der Waals surface area contributed by atoms with Crippen molar-refractivity contribution >= 4 is 20.2 Å². The van der Waals surface area contributed by atoms with Gasteiger partial charge < -0.3 is 23.3 Å². The quantitative estimate of drug-likeness (QED) is 0.540. The molecule has 0 aliphatic rings. The van der Waals surface area contributed by atoms with E-state index in [-0.39, 0.29) is 23.3 Å². The molecule has 0 bridgehead atoms. The van der Waals surface area contributed by atoms with Crippen LogP contribution in [0.1, 0.15) is 0 Å². The standard InChI is InChI=1S/2ClH.Cu.2H3N.2H2O/h2*1H;;2*1H3;2*1H2/q;;+2;;;;/p-2. The summed E-state index contributed by atoms with van der Waals surface area (Å²) in [5.74, 6) is 0. The van der Waals surface area contributed by atoms with E-state index in [1.165, 1.54) is 0 Å². The van der Waals surface area contributed by atoms with Crippen molar-refractivity contribution in [3.63, 3.8) is 0 Å². The van der Waals surface area contributed by atoms with Gasteiger partial charge in [-0.05, 0) is 0 Å². The van der Waals surface area contributed by atoms with Crippen LogP contribution in [0.3, 0.4) is 0 Å². The average molecular weight is 205 g/mol. The van der Waals surface area contributed by atoms with Gasteiger partial charge in [-0.1, -0.05) is 0 Å². The van der Waals surface area contributed by atoms with E-state index in [2.05, 4.69) is 20.2 Å². The monoisotopic (exact) mass is 203 g/mol. The molecule has 0 saturated heterocycles. The number of halogens is 2. The summed E-state index contributed by atoms with van der Waals surface area (Å²) in [5.41, 5.74) is 0. The predicted molar refractivity (Wildman–Crippen MR) is 29.0 cm³/mol. The van der Waals surface area contributed by atoms with Crippen LogP contribution in [0.2, 0.25) is 0 Å². The van der Waals surface area contributed by atoms with Gasteiger partial charge in [-0.2, -0.15) is 0 Å². The molecule has 0 rings (SSSR count). The molecule has 10 N–H and O–H groups in total. The molecule has 0 aromatic rings. The second kappa shape index (κ2) is 65.1. The molecular formula is H10Cl2CuN2O2. The Hall–Kier alpha value is 0.939. The molecule has 0 aromatic carbocycles. The van der Waals surface area contributed by atoms with Gasteiger partial charge in [-0.3, -0.25) is 0 Å². The maximum absolute atomic E-state index is 4.67. The van der Waals surface area contributed by atoms with Gasteiger partial charge in [0.15, 0.2) is 0 Å². The van der Waals surface area contributed by atoms with Gasteiger partial charge in [0.25, 0.3) is 0 Å². The van der Waals surface area contributed by atoms with Crippen LogP contribution >= 0.6 is 20.2 Å². The van der Waals surface area contributed by atoms with Crippen molar-refractivity contribution in [2.45, 2.75) is 0 Å². The van der Waals surface area contributed by atoms with Gasteiger partial charge >= 0.3 is 33.3 Å². The van der Waals surface area contributed by atoms with Gasteiger partial charge in [0.05, 0.1) is 0 Å². The van der Waals surface area contributed by atoms with E-state index in [4.69, 9.17) is 0 Å². The summed E-state index contributed by atoms with van der Waals surface area (Å²) in [4.78, 5) is 0. The van der Waals surface area contributed by atoms with E-state index >= 15 is 0 Å². The molecule has 0 aliphatic carbocycles. The van der Waals surface area contributed by atoms with Crippen molar-refractivity contribution in [2.24, 2.45) is 0 Å². The van der Waals surface area contributed by atoms with Crippen molar-refractivity contribution < 1.29 is 24.1 Å². The molecule has 0 spiro atoms. The molecule has 0 radical (unpaired) electrons. The Morgan fingerprint density at radius 2 is 0.857 bits per heavy atom. The third kappa shape index (κ3) is 192. The SMILES string of the molecule is N.N.O.O.[Cl][Cu][Cl]. The Labute approximate surface area is 57.0 Å². The number of hydrogen-bond acceptors (Lipinski definition) is 2. The van der Waals surface area contributed by atoms with E-state index in [1.54, 1.807) is 0 Å². The zero-order chi connectivity index (χ0) is 2.71. The molecule has 0 amide bonds. The van der Waals surface area contributed by atoms with Crippen LogP contribution in [0.25, 0.3) is 0 Å². The fraction of sp³-hybridized carbons (Fsp3) is 0. The summed E-state index contributed by atoms with van der Waals surface area (Å²) in [6.45, 7) is 0. The molecule has 4 nitrogen and oxygen atoms in total. The molecular weight excluding hydrogens is 194 g/mol. The Morgan fingerprint density at radius 1 is 0.857 bits per heavy atom. The Balaban J connectivity index is -0.00000000333. The van der Waals surface area contributed by atoms with E-state index in [1.807, 2.05) is 0 Å². The average Bonchev–Trinajstić information content (AvgIpc) is 0.918. The van der Waals surface area contributed by atoms with Crippen molar-refractivity contribution in [3.05, 3.63) is 0 Å². The minimum absolute atomic E-state index is 0. The van der Waals surface area contributed by atoms with Gasteiger partial charge in [0.1, 0.15) is 0 Å². The van der Waals surface area contributed by atoms with Crippen molar-refractivity contribution in [3.8, 4) is 0 Å². The van der Waals surface area contributed by atoms with Crippen LogP contribution in [0.15, 0.2) is 0 Å². The second-order valence-corrected chi connectivity index (χ2v) is 1.60. The van der Waals surface area contributed by atoms with E-state index in [9.17, 15) is 0 Å². The summed E-state index contributed by atoms with van der Waals surface area (Å²) in [6, 6.07) is 0. The van der Waals surface area contributed by atoms with E-state index in [0.717, 1.165) is 13.1 Å². The predicted octanol–water partition coefficient (Wildman–Crippen LogP) is 0.0511. The first-order valence-corrected chi connectivity index (χ1v) is 2.82. The summed E-state index contributed by atoms with van der Waals surface area (Å²) in [7, 11) is 9.34. The molecule has 57 valence electrons. The summed E-state index contributed by atoms with van der Waals surface area (Å²) in [5, 5.41) is 0. The topological polar surface area (TPSA) is 133 Å². The fourth-order valence-corrected chi connectivity index (χ4v) is 0. The maximum atomic E-state index is 4.67. The van der Waals surface area contributed by atoms with Crippen molar-refractivity contribution in [2.75, 3.05) is 0 Å². The van der Waals surface area contributed by atoms with Gasteiger partial charge in [-0.15, -0.1) is 0 Å². The van der Waals surface area contributed by atoms with Crippen LogP contribution < -0.4 is 12.3 Å². The summed E-state index contributed by atoms with van der Waals surface area (Å²) >= 11 is 0.757. The molecule has 0 saturated carbocycles. The molecule has 0 aromatic heterocycles. The van der Waals surface area contributed by atoms with Crippen LogP contribution in [-0.4, -0.2) is 11.0 Å². The van der Waals surface area contributed by atoms with Crippen LogP contribution in [0.5, 0.6) is 0 Å². The molecule has 0 atom stereocenters. The Bertz CT molecular complexity index is 13.7. The zero-order valence-corrected chi connectivity index (χ0v) is 5.93. The Morgan fingerprint density at radius 3 is 0.857 bits per heavy atom. The van der Waals surface area contributed by atoms with Crippen LogP contribution in [-0.2, 0) is 13.1 Å². The van der Waals surface area contributed by atoms with Gasteiger partial charge in [0.2, 0.25) is 0 Å². The Kier molecular flexibility index (Phi) is 411. The first-order valence-electron chi connectivity index (χ1n) is 0.228. The van der Waals surface area contributed by atoms with Gasteiger partial charge in [-0.25, -0.2) is 0 Å². The number of hydrogen-bond donors (Lipinski definition) is 2. The van der Waals surface area contributed by atoms with Crippen LogP contribution in [0.4, 0.5) is 0 Å². The summed E-state index contributed by atoms with van der Waals surface area (Å²) in [6.07, 6.45) is 0. The van der Waals surface area contributed by atoms with Gasteiger partial charge in [0, 0.05) is 0 Å². The minimum atomic E-state index is 0. The first-order chi connectivity index (χ1) is 1.41. The number of rotatable bonds is 0. The normalized spacial score (nSPS) is 3.14. The molecule has 7 heteroatoms. The fourth-order valence-electron chi connectivity index (χ4n) is 0. The molecule has 0 fully saturated rings. The summed E-state index contributed by atoms with van der Waals surface area (Å²) < 4.78 is 0. The second-order valence-electron chi connectivity index (χ2n) is 0.0431.